The van der Waals surface area contributed by atoms with Crippen LogP contribution in [0.2, 0.25) is 0 Å². The van der Waals surface area contributed by atoms with Crippen LogP contribution in [-0.2, 0) is 0 Å². The van der Waals surface area contributed by atoms with Gasteiger partial charge in [0.15, 0.2) is 5.78 Å². The van der Waals surface area contributed by atoms with Crippen LogP contribution in [0.15, 0.2) is 24.3 Å². The molecule has 0 aromatic heterocycles. The van der Waals surface area contributed by atoms with E-state index in [1.807, 2.05) is 0 Å². The van der Waals surface area contributed by atoms with Crippen LogP contribution < -0.4 is 0 Å². The minimum absolute atomic E-state index is 0.0907. The van der Waals surface area contributed by atoms with E-state index in [1.165, 1.54) is 31.4 Å². The van der Waals surface area contributed by atoms with E-state index in [1.54, 1.807) is 12.1 Å². The number of hydrogen-bond donors (Lipinski definition) is 0. The molecular weight excluding hydrogens is 253 g/mol. The van der Waals surface area contributed by atoms with Crippen molar-refractivity contribution in [2.75, 3.05) is 19.6 Å². The predicted molar refractivity (Wildman–Crippen MR) is 79.3 cm³/mol. The summed E-state index contributed by atoms with van der Waals surface area (Å²) in [6.07, 6.45) is 3.60. The first-order valence-corrected chi connectivity index (χ1v) is 7.57. The molecule has 0 saturated carbocycles. The Morgan fingerprint density at radius 1 is 1.25 bits per heavy atom. The molecule has 2 nitrogen and oxygen atoms in total. The van der Waals surface area contributed by atoms with Crippen LogP contribution in [0.3, 0.4) is 0 Å². The average molecular weight is 277 g/mol. The molecule has 0 amide bonds. The third-order valence-electron chi connectivity index (χ3n) is 4.34. The molecule has 1 aromatic carbocycles. The molecule has 1 aliphatic rings. The molecule has 1 aromatic rings. The van der Waals surface area contributed by atoms with Gasteiger partial charge in [0.25, 0.3) is 0 Å². The number of carbonyl (C=O) groups is 1. The monoisotopic (exact) mass is 277 g/mol. The second-order valence-corrected chi connectivity index (χ2v) is 6.14. The van der Waals surface area contributed by atoms with E-state index in [0.717, 1.165) is 24.9 Å². The summed E-state index contributed by atoms with van der Waals surface area (Å²) < 4.78 is 12.9. The highest BCUT2D eigenvalue weighted by Gasteiger charge is 2.21. The zero-order valence-corrected chi connectivity index (χ0v) is 12.4. The van der Waals surface area contributed by atoms with Gasteiger partial charge in [-0.05, 0) is 68.5 Å². The van der Waals surface area contributed by atoms with Crippen molar-refractivity contribution in [3.05, 3.63) is 35.6 Å². The summed E-state index contributed by atoms with van der Waals surface area (Å²) in [7, 11) is 0. The molecule has 1 fully saturated rings. The molecular formula is C17H24FNO. The van der Waals surface area contributed by atoms with Gasteiger partial charge in [-0.1, -0.05) is 13.8 Å². The van der Waals surface area contributed by atoms with Crippen LogP contribution in [0.25, 0.3) is 0 Å². The van der Waals surface area contributed by atoms with E-state index >= 15 is 0 Å². The van der Waals surface area contributed by atoms with Crippen LogP contribution >= 0.6 is 0 Å². The maximum atomic E-state index is 12.9. The molecule has 0 aliphatic carbocycles. The van der Waals surface area contributed by atoms with Crippen molar-refractivity contribution in [3.63, 3.8) is 0 Å². The zero-order chi connectivity index (χ0) is 14.5. The molecule has 110 valence electrons. The van der Waals surface area contributed by atoms with E-state index in [9.17, 15) is 9.18 Å². The molecule has 1 saturated heterocycles. The largest absolute Gasteiger partial charge is 0.296 e. The van der Waals surface area contributed by atoms with Gasteiger partial charge in [-0.15, -0.1) is 0 Å². The highest BCUT2D eigenvalue weighted by molar-refractivity contribution is 5.97. The SMILES string of the molecule is CC(C)C1CCCN(CC(=O)c2ccc(F)cc2)CC1. The minimum atomic E-state index is -0.295. The Bertz CT molecular complexity index is 441. The summed E-state index contributed by atoms with van der Waals surface area (Å²) in [5, 5.41) is 0. The van der Waals surface area contributed by atoms with Gasteiger partial charge in [0, 0.05) is 5.56 Å². The fourth-order valence-electron chi connectivity index (χ4n) is 2.94. The van der Waals surface area contributed by atoms with Crippen molar-refractivity contribution in [1.82, 2.24) is 4.90 Å². The second-order valence-electron chi connectivity index (χ2n) is 6.14. The Morgan fingerprint density at radius 2 is 1.95 bits per heavy atom. The summed E-state index contributed by atoms with van der Waals surface area (Å²) in [4.78, 5) is 14.4. The number of hydrogen-bond acceptors (Lipinski definition) is 2. The van der Waals surface area contributed by atoms with E-state index in [4.69, 9.17) is 0 Å². The van der Waals surface area contributed by atoms with Crippen molar-refractivity contribution in [1.29, 1.82) is 0 Å². The second kappa shape index (κ2) is 6.98. The molecule has 20 heavy (non-hydrogen) atoms. The predicted octanol–water partition coefficient (Wildman–Crippen LogP) is 3.77. The molecule has 1 atom stereocenters. The lowest BCUT2D eigenvalue weighted by Gasteiger charge is -2.20. The zero-order valence-electron chi connectivity index (χ0n) is 12.4. The van der Waals surface area contributed by atoms with E-state index in [2.05, 4.69) is 18.7 Å². The first-order chi connectivity index (χ1) is 9.56. The lowest BCUT2D eigenvalue weighted by Crippen LogP contribution is -2.31. The number of ketones is 1. The topological polar surface area (TPSA) is 20.3 Å². The van der Waals surface area contributed by atoms with Crippen LogP contribution in [0.4, 0.5) is 4.39 Å². The van der Waals surface area contributed by atoms with Gasteiger partial charge in [0.1, 0.15) is 5.82 Å². The van der Waals surface area contributed by atoms with Gasteiger partial charge in [0.05, 0.1) is 6.54 Å². The van der Waals surface area contributed by atoms with E-state index in [-0.39, 0.29) is 11.6 Å². The normalized spacial score (nSPS) is 20.9. The summed E-state index contributed by atoms with van der Waals surface area (Å²) >= 11 is 0. The molecule has 0 N–H and O–H groups in total. The number of halogens is 1. The van der Waals surface area contributed by atoms with Gasteiger partial charge in [0.2, 0.25) is 0 Å². The first kappa shape index (κ1) is 15.2. The fourth-order valence-corrected chi connectivity index (χ4v) is 2.94. The van der Waals surface area contributed by atoms with Gasteiger partial charge in [-0.25, -0.2) is 4.39 Å². The number of rotatable bonds is 4. The Hall–Kier alpha value is -1.22. The van der Waals surface area contributed by atoms with Crippen molar-refractivity contribution in [2.45, 2.75) is 33.1 Å². The smallest absolute Gasteiger partial charge is 0.176 e. The minimum Gasteiger partial charge on any atom is -0.296 e. The summed E-state index contributed by atoms with van der Waals surface area (Å²) in [5.74, 6) is 1.30. The van der Waals surface area contributed by atoms with E-state index in [0.29, 0.717) is 12.1 Å². The van der Waals surface area contributed by atoms with Crippen LogP contribution in [-0.4, -0.2) is 30.3 Å². The highest BCUT2D eigenvalue weighted by atomic mass is 19.1. The lowest BCUT2D eigenvalue weighted by atomic mass is 9.89. The molecule has 0 radical (unpaired) electrons. The van der Waals surface area contributed by atoms with Crippen molar-refractivity contribution < 1.29 is 9.18 Å². The van der Waals surface area contributed by atoms with Crippen molar-refractivity contribution in [3.8, 4) is 0 Å². The number of benzene rings is 1. The van der Waals surface area contributed by atoms with Gasteiger partial charge in [-0.3, -0.25) is 9.69 Å². The Balaban J connectivity index is 1.90. The summed E-state index contributed by atoms with van der Waals surface area (Å²) in [5.41, 5.74) is 0.607. The third kappa shape index (κ3) is 4.14. The molecule has 0 bridgehead atoms. The maximum Gasteiger partial charge on any atom is 0.176 e. The fraction of sp³-hybridized carbons (Fsp3) is 0.588. The third-order valence-corrected chi connectivity index (χ3v) is 4.34. The Kier molecular flexibility index (Phi) is 5.30. The molecule has 1 aliphatic heterocycles. The summed E-state index contributed by atoms with van der Waals surface area (Å²) in [6, 6.07) is 5.85. The molecule has 2 rings (SSSR count). The first-order valence-electron chi connectivity index (χ1n) is 7.57. The molecule has 1 unspecified atom stereocenters. The lowest BCUT2D eigenvalue weighted by molar-refractivity contribution is 0.0932. The molecule has 3 heteroatoms. The number of likely N-dealkylation sites (tertiary alicyclic amines) is 1. The van der Waals surface area contributed by atoms with Crippen molar-refractivity contribution in [2.24, 2.45) is 11.8 Å². The van der Waals surface area contributed by atoms with Crippen LogP contribution in [0.1, 0.15) is 43.5 Å². The standard InChI is InChI=1S/C17H24FNO/c1-13(2)14-4-3-10-19(11-9-14)12-17(20)15-5-7-16(18)8-6-15/h5-8,13-14H,3-4,9-12H2,1-2H3. The van der Waals surface area contributed by atoms with Gasteiger partial charge in [-0.2, -0.15) is 0 Å². The van der Waals surface area contributed by atoms with Gasteiger partial charge < -0.3 is 0 Å². The molecule has 1 heterocycles. The highest BCUT2D eigenvalue weighted by Crippen LogP contribution is 2.24. The maximum absolute atomic E-state index is 12.9. The van der Waals surface area contributed by atoms with Crippen molar-refractivity contribution >= 4 is 5.78 Å². The average Bonchev–Trinajstić information content (AvgIpc) is 2.65. The Labute approximate surface area is 121 Å². The molecule has 0 spiro atoms. The van der Waals surface area contributed by atoms with Crippen LogP contribution in [0.5, 0.6) is 0 Å². The van der Waals surface area contributed by atoms with Crippen LogP contribution in [0, 0.1) is 17.7 Å². The quantitative estimate of drug-likeness (QED) is 0.781. The number of Topliss-reactive ketones (excluding diaryl/α,β-unsaturated/α-hetero) is 1. The Morgan fingerprint density at radius 3 is 2.60 bits per heavy atom. The van der Waals surface area contributed by atoms with Gasteiger partial charge >= 0.3 is 0 Å². The number of carbonyl (C=O) groups excluding carboxylic acids is 1. The number of nitrogens with zero attached hydrogens (tertiary/aromatic N) is 1. The van der Waals surface area contributed by atoms with E-state index < -0.39 is 0 Å². The summed E-state index contributed by atoms with van der Waals surface area (Å²) in [6.45, 7) is 7.01.